The van der Waals surface area contributed by atoms with E-state index in [0.717, 1.165) is 43.1 Å². The molecule has 1 aliphatic heterocycles. The minimum atomic E-state index is -0.858. The molecule has 27 heavy (non-hydrogen) atoms. The molecule has 1 fully saturated rings. The van der Waals surface area contributed by atoms with Crippen LogP contribution in [0.15, 0.2) is 36.4 Å². The Kier molecular flexibility index (Phi) is 6.06. The van der Waals surface area contributed by atoms with E-state index in [-0.39, 0.29) is 12.0 Å². The van der Waals surface area contributed by atoms with Crippen LogP contribution in [0.1, 0.15) is 23.1 Å². The number of methoxy groups -OCH3 is 1. The molecule has 0 bridgehead atoms. The first-order chi connectivity index (χ1) is 13.0. The van der Waals surface area contributed by atoms with E-state index in [2.05, 4.69) is 4.90 Å². The van der Waals surface area contributed by atoms with Gasteiger partial charge >= 0.3 is 5.97 Å². The van der Waals surface area contributed by atoms with Gasteiger partial charge in [-0.2, -0.15) is 0 Å². The van der Waals surface area contributed by atoms with Crippen molar-refractivity contribution in [2.24, 2.45) is 5.92 Å². The number of rotatable bonds is 7. The van der Waals surface area contributed by atoms with Crippen molar-refractivity contribution in [2.45, 2.75) is 25.8 Å². The summed E-state index contributed by atoms with van der Waals surface area (Å²) in [6.45, 7) is 1.94. The maximum Gasteiger partial charge on any atom is 0.307 e. The molecular weight excluding hydrogens is 352 g/mol. The van der Waals surface area contributed by atoms with Crippen molar-refractivity contribution in [1.29, 1.82) is 0 Å². The average Bonchev–Trinajstić information content (AvgIpc) is 3.07. The van der Waals surface area contributed by atoms with Crippen molar-refractivity contribution >= 4 is 5.97 Å². The summed E-state index contributed by atoms with van der Waals surface area (Å²) < 4.78 is 32.9. The van der Waals surface area contributed by atoms with Crippen molar-refractivity contribution in [3.05, 3.63) is 64.7 Å². The number of nitrogens with zero attached hydrogens (tertiary/aromatic N) is 1. The Morgan fingerprint density at radius 1 is 1.19 bits per heavy atom. The number of ether oxygens (including phenoxy) is 1. The normalized spacial score (nSPS) is 17.2. The Morgan fingerprint density at radius 2 is 1.89 bits per heavy atom. The quantitative estimate of drug-likeness (QED) is 0.802. The number of benzene rings is 2. The van der Waals surface area contributed by atoms with E-state index >= 15 is 0 Å². The second kappa shape index (κ2) is 8.48. The first-order valence-corrected chi connectivity index (χ1v) is 8.99. The lowest BCUT2D eigenvalue weighted by Crippen LogP contribution is -2.22. The molecule has 1 saturated heterocycles. The number of carboxylic acid groups (broad SMARTS) is 1. The standard InChI is InChI=1S/C21H23F2NO3/c1-27-19-7-6-18(22)21(23)17(19)13-24-9-8-16(12-24)10-14-2-4-15(5-3-14)11-20(25)26/h2-7,16H,8-13H2,1H3,(H,25,26). The molecule has 1 aliphatic rings. The van der Waals surface area contributed by atoms with E-state index in [4.69, 9.17) is 9.84 Å². The number of aliphatic carboxylic acids is 1. The Balaban J connectivity index is 1.59. The molecule has 0 saturated carbocycles. The largest absolute Gasteiger partial charge is 0.496 e. The highest BCUT2D eigenvalue weighted by Crippen LogP contribution is 2.28. The van der Waals surface area contributed by atoms with Gasteiger partial charge in [0.1, 0.15) is 5.75 Å². The monoisotopic (exact) mass is 375 g/mol. The van der Waals surface area contributed by atoms with Gasteiger partial charge in [-0.25, -0.2) is 8.78 Å². The smallest absolute Gasteiger partial charge is 0.307 e. The molecule has 2 aromatic rings. The van der Waals surface area contributed by atoms with Crippen molar-refractivity contribution in [3.8, 4) is 5.75 Å². The molecule has 4 nitrogen and oxygen atoms in total. The van der Waals surface area contributed by atoms with Crippen molar-refractivity contribution in [3.63, 3.8) is 0 Å². The minimum Gasteiger partial charge on any atom is -0.496 e. The summed E-state index contributed by atoms with van der Waals surface area (Å²) in [5, 5.41) is 8.83. The number of halogens is 2. The molecule has 1 N–H and O–H groups in total. The summed E-state index contributed by atoms with van der Waals surface area (Å²) in [4.78, 5) is 12.9. The van der Waals surface area contributed by atoms with E-state index in [1.165, 1.54) is 13.2 Å². The lowest BCUT2D eigenvalue weighted by molar-refractivity contribution is -0.136. The van der Waals surface area contributed by atoms with Gasteiger partial charge in [0, 0.05) is 18.7 Å². The van der Waals surface area contributed by atoms with Gasteiger partial charge < -0.3 is 9.84 Å². The predicted octanol–water partition coefficient (Wildman–Crippen LogP) is 3.67. The molecular formula is C21H23F2NO3. The maximum absolute atomic E-state index is 14.2. The molecule has 0 radical (unpaired) electrons. The summed E-state index contributed by atoms with van der Waals surface area (Å²) >= 11 is 0. The highest BCUT2D eigenvalue weighted by Gasteiger charge is 2.25. The fraction of sp³-hybridized carbons (Fsp3) is 0.381. The lowest BCUT2D eigenvalue weighted by atomic mass is 9.97. The lowest BCUT2D eigenvalue weighted by Gasteiger charge is -2.19. The second-order valence-corrected chi connectivity index (χ2v) is 7.02. The van der Waals surface area contributed by atoms with Gasteiger partial charge in [-0.1, -0.05) is 24.3 Å². The summed E-state index contributed by atoms with van der Waals surface area (Å²) in [7, 11) is 1.46. The van der Waals surface area contributed by atoms with Gasteiger partial charge in [0.2, 0.25) is 0 Å². The van der Waals surface area contributed by atoms with Gasteiger partial charge in [-0.3, -0.25) is 9.69 Å². The first kappa shape index (κ1) is 19.3. The van der Waals surface area contributed by atoms with Crippen LogP contribution < -0.4 is 4.74 Å². The number of likely N-dealkylation sites (tertiary alicyclic amines) is 1. The Labute approximate surface area is 157 Å². The zero-order valence-corrected chi connectivity index (χ0v) is 15.3. The highest BCUT2D eigenvalue weighted by atomic mass is 19.2. The van der Waals surface area contributed by atoms with Crippen LogP contribution in [-0.2, 0) is 24.2 Å². The number of carboxylic acids is 1. The van der Waals surface area contributed by atoms with Gasteiger partial charge in [0.05, 0.1) is 13.5 Å². The van der Waals surface area contributed by atoms with Crippen LogP contribution in [-0.4, -0.2) is 36.2 Å². The fourth-order valence-electron chi connectivity index (χ4n) is 3.66. The molecule has 6 heteroatoms. The van der Waals surface area contributed by atoms with E-state index in [1.807, 2.05) is 24.3 Å². The molecule has 3 rings (SSSR count). The molecule has 0 spiro atoms. The topological polar surface area (TPSA) is 49.8 Å². The molecule has 1 unspecified atom stereocenters. The molecule has 0 aliphatic carbocycles. The Hall–Kier alpha value is -2.47. The number of hydrogen-bond donors (Lipinski definition) is 1. The van der Waals surface area contributed by atoms with Crippen LogP contribution in [0.5, 0.6) is 5.75 Å². The second-order valence-electron chi connectivity index (χ2n) is 7.02. The molecule has 2 aromatic carbocycles. The van der Waals surface area contributed by atoms with Gasteiger partial charge in [0.25, 0.3) is 0 Å². The van der Waals surface area contributed by atoms with E-state index in [0.29, 0.717) is 18.2 Å². The SMILES string of the molecule is COc1ccc(F)c(F)c1CN1CCC(Cc2ccc(CC(=O)O)cc2)C1. The third-order valence-electron chi connectivity index (χ3n) is 5.03. The van der Waals surface area contributed by atoms with Gasteiger partial charge in [-0.05, 0) is 48.6 Å². The average molecular weight is 375 g/mol. The number of hydrogen-bond acceptors (Lipinski definition) is 3. The van der Waals surface area contributed by atoms with Crippen LogP contribution in [0.2, 0.25) is 0 Å². The van der Waals surface area contributed by atoms with Crippen LogP contribution in [0.4, 0.5) is 8.78 Å². The van der Waals surface area contributed by atoms with Gasteiger partial charge in [-0.15, -0.1) is 0 Å². The summed E-state index contributed by atoms with van der Waals surface area (Å²) in [5.41, 5.74) is 2.20. The first-order valence-electron chi connectivity index (χ1n) is 8.99. The number of carbonyl (C=O) groups is 1. The molecule has 0 aromatic heterocycles. The third kappa shape index (κ3) is 4.83. The summed E-state index contributed by atoms with van der Waals surface area (Å²) in [5.74, 6) is -1.74. The van der Waals surface area contributed by atoms with Crippen LogP contribution >= 0.6 is 0 Å². The zero-order chi connectivity index (χ0) is 19.4. The third-order valence-corrected chi connectivity index (χ3v) is 5.03. The van der Waals surface area contributed by atoms with Crippen LogP contribution in [0.3, 0.4) is 0 Å². The summed E-state index contributed by atoms with van der Waals surface area (Å²) in [6, 6.07) is 10.2. The molecule has 1 heterocycles. The fourth-order valence-corrected chi connectivity index (χ4v) is 3.66. The van der Waals surface area contributed by atoms with E-state index < -0.39 is 17.6 Å². The summed E-state index contributed by atoms with van der Waals surface area (Å²) in [6.07, 6.45) is 1.89. The highest BCUT2D eigenvalue weighted by molar-refractivity contribution is 5.70. The Bertz CT molecular complexity index is 808. The molecule has 144 valence electrons. The zero-order valence-electron chi connectivity index (χ0n) is 15.3. The van der Waals surface area contributed by atoms with Crippen molar-refractivity contribution in [2.75, 3.05) is 20.2 Å². The van der Waals surface area contributed by atoms with Gasteiger partial charge in [0.15, 0.2) is 11.6 Å². The van der Waals surface area contributed by atoms with Crippen molar-refractivity contribution in [1.82, 2.24) is 4.90 Å². The minimum absolute atomic E-state index is 0.0263. The van der Waals surface area contributed by atoms with Crippen LogP contribution in [0.25, 0.3) is 0 Å². The molecule has 0 amide bonds. The van der Waals surface area contributed by atoms with E-state index in [9.17, 15) is 13.6 Å². The van der Waals surface area contributed by atoms with Crippen molar-refractivity contribution < 1.29 is 23.4 Å². The Morgan fingerprint density at radius 3 is 2.56 bits per heavy atom. The van der Waals surface area contributed by atoms with E-state index in [1.54, 1.807) is 0 Å². The maximum atomic E-state index is 14.2. The molecule has 1 atom stereocenters. The van der Waals surface area contributed by atoms with Crippen LogP contribution in [0, 0.1) is 17.6 Å². The predicted molar refractivity (Wildman–Crippen MR) is 97.8 cm³/mol.